The van der Waals surface area contributed by atoms with Crippen molar-refractivity contribution in [3.63, 3.8) is 0 Å². The highest BCUT2D eigenvalue weighted by molar-refractivity contribution is 7.89. The summed E-state index contributed by atoms with van der Waals surface area (Å²) in [7, 11) is -3.95. The van der Waals surface area contributed by atoms with Crippen LogP contribution in [0.5, 0.6) is 0 Å². The number of benzene rings is 2. The number of aryl methyl sites for hydroxylation is 1. The molecule has 1 aliphatic heterocycles. The number of hydrogen-bond donors (Lipinski definition) is 0. The highest BCUT2D eigenvalue weighted by Crippen LogP contribution is 2.27. The van der Waals surface area contributed by atoms with Crippen LogP contribution in [0.3, 0.4) is 0 Å². The van der Waals surface area contributed by atoms with Gasteiger partial charge < -0.3 is 9.26 Å². The summed E-state index contributed by atoms with van der Waals surface area (Å²) in [5, 5.41) is 3.91. The lowest BCUT2D eigenvalue weighted by atomic mass is 10.1. The minimum Gasteiger partial charge on any atom is -0.454 e. The second-order valence-electron chi connectivity index (χ2n) is 8.19. The van der Waals surface area contributed by atoms with Crippen molar-refractivity contribution in [1.82, 2.24) is 14.4 Å². The molecule has 1 atom stereocenters. The predicted molar refractivity (Wildman–Crippen MR) is 122 cm³/mol. The summed E-state index contributed by atoms with van der Waals surface area (Å²) in [6.45, 7) is 3.33. The zero-order valence-corrected chi connectivity index (χ0v) is 19.7. The average Bonchev–Trinajstić information content (AvgIpc) is 3.32. The maximum Gasteiger partial charge on any atom is 0.324 e. The van der Waals surface area contributed by atoms with Gasteiger partial charge in [-0.05, 0) is 45.2 Å². The molecule has 0 spiro atoms. The van der Waals surface area contributed by atoms with Crippen molar-refractivity contribution in [2.24, 2.45) is 0 Å². The number of ether oxygens (including phenoxy) is 1. The monoisotopic (exact) mass is 483 g/mol. The molecule has 0 amide bonds. The summed E-state index contributed by atoms with van der Waals surface area (Å²) in [6, 6.07) is 12.3. The molecule has 0 bridgehead atoms. The van der Waals surface area contributed by atoms with Crippen molar-refractivity contribution in [3.8, 4) is 11.4 Å². The van der Waals surface area contributed by atoms with Gasteiger partial charge in [0.15, 0.2) is 12.4 Å². The van der Waals surface area contributed by atoms with Gasteiger partial charge in [0, 0.05) is 17.7 Å². The van der Waals surface area contributed by atoms with E-state index in [4.69, 9.17) is 9.26 Å². The number of aromatic nitrogens is 2. The van der Waals surface area contributed by atoms with Crippen molar-refractivity contribution in [3.05, 3.63) is 65.5 Å². The molecule has 0 saturated carbocycles. The molecule has 34 heavy (non-hydrogen) atoms. The number of ketones is 1. The molecule has 178 valence electrons. The first-order valence-corrected chi connectivity index (χ1v) is 12.4. The number of piperidine rings is 1. The predicted octanol–water partition coefficient (Wildman–Crippen LogP) is 3.53. The lowest BCUT2D eigenvalue weighted by molar-refractivity contribution is -0.151. The van der Waals surface area contributed by atoms with E-state index in [9.17, 15) is 18.0 Å². The molecule has 4 rings (SSSR count). The fourth-order valence-electron chi connectivity index (χ4n) is 3.79. The highest BCUT2D eigenvalue weighted by atomic mass is 32.2. The normalized spacial score (nSPS) is 16.8. The molecule has 0 aliphatic carbocycles. The number of Topliss-reactive ketones (excluding diaryl/α,β-unsaturated/α-hetero) is 1. The second kappa shape index (κ2) is 9.86. The van der Waals surface area contributed by atoms with Crippen LogP contribution in [0.1, 0.15) is 48.0 Å². The van der Waals surface area contributed by atoms with Gasteiger partial charge in [0.25, 0.3) is 5.89 Å². The fraction of sp³-hybridized carbons (Fsp3) is 0.333. The van der Waals surface area contributed by atoms with Gasteiger partial charge in [0.1, 0.15) is 6.04 Å². The number of carbonyl (C=O) groups is 2. The Balaban J connectivity index is 1.45. The van der Waals surface area contributed by atoms with Gasteiger partial charge in [-0.25, -0.2) is 8.42 Å². The molecule has 3 aromatic rings. The Bertz CT molecular complexity index is 1280. The van der Waals surface area contributed by atoms with Gasteiger partial charge in [-0.15, -0.1) is 0 Å². The topological polar surface area (TPSA) is 120 Å². The van der Waals surface area contributed by atoms with E-state index < -0.39 is 22.0 Å². The van der Waals surface area contributed by atoms with Gasteiger partial charge in [-0.1, -0.05) is 47.1 Å². The summed E-state index contributed by atoms with van der Waals surface area (Å²) >= 11 is 0. The maximum absolute atomic E-state index is 13.2. The fourth-order valence-corrected chi connectivity index (χ4v) is 5.43. The number of sulfonamides is 1. The average molecular weight is 484 g/mol. The van der Waals surface area contributed by atoms with Crippen LogP contribution in [-0.4, -0.2) is 47.2 Å². The maximum atomic E-state index is 13.2. The number of carbonyl (C=O) groups excluding carboxylic acids is 2. The third-order valence-corrected chi connectivity index (χ3v) is 7.63. The standard InChI is InChI=1S/C24H25N3O6S/c1-16-6-8-19(9-7-16)23-25-22(33-26-23)15-32-24(29)21-5-3-4-14-27(21)34(30,31)20-12-10-18(11-13-20)17(2)28/h6-13,21H,3-5,14-15H2,1-2H3. The Morgan fingerprint density at radius 2 is 1.79 bits per heavy atom. The van der Waals surface area contributed by atoms with Gasteiger partial charge in [-0.2, -0.15) is 9.29 Å². The summed E-state index contributed by atoms with van der Waals surface area (Å²) in [4.78, 5) is 28.6. The Hall–Kier alpha value is -3.37. The van der Waals surface area contributed by atoms with Crippen LogP contribution in [0.2, 0.25) is 0 Å². The van der Waals surface area contributed by atoms with Crippen LogP contribution in [0, 0.1) is 6.92 Å². The van der Waals surface area contributed by atoms with Crippen LogP contribution >= 0.6 is 0 Å². The lowest BCUT2D eigenvalue weighted by Crippen LogP contribution is -2.48. The molecule has 1 unspecified atom stereocenters. The van der Waals surface area contributed by atoms with E-state index in [0.29, 0.717) is 30.7 Å². The van der Waals surface area contributed by atoms with E-state index in [0.717, 1.165) is 11.1 Å². The SMILES string of the molecule is CC(=O)c1ccc(S(=O)(=O)N2CCCCC2C(=O)OCc2nc(-c3ccc(C)cc3)no2)cc1. The van der Waals surface area contributed by atoms with Crippen molar-refractivity contribution in [1.29, 1.82) is 0 Å². The summed E-state index contributed by atoms with van der Waals surface area (Å²) in [5.74, 6) is -0.329. The van der Waals surface area contributed by atoms with Crippen molar-refractivity contribution in [2.75, 3.05) is 6.54 Å². The van der Waals surface area contributed by atoms with Gasteiger partial charge >= 0.3 is 5.97 Å². The molecule has 10 heteroatoms. The Labute approximate surface area is 197 Å². The van der Waals surface area contributed by atoms with E-state index in [1.54, 1.807) is 0 Å². The smallest absolute Gasteiger partial charge is 0.324 e. The van der Waals surface area contributed by atoms with E-state index in [1.807, 2.05) is 31.2 Å². The molecular weight excluding hydrogens is 458 g/mol. The molecule has 1 fully saturated rings. The summed E-state index contributed by atoms with van der Waals surface area (Å²) in [6.07, 6.45) is 1.69. The molecular formula is C24H25N3O6S. The van der Waals surface area contributed by atoms with Crippen LogP contribution in [0.25, 0.3) is 11.4 Å². The number of rotatable bonds is 7. The van der Waals surface area contributed by atoms with E-state index in [2.05, 4.69) is 10.1 Å². The minimum atomic E-state index is -3.95. The van der Waals surface area contributed by atoms with Crippen molar-refractivity contribution < 1.29 is 27.3 Å². The Morgan fingerprint density at radius 3 is 2.47 bits per heavy atom. The zero-order valence-electron chi connectivity index (χ0n) is 18.9. The van der Waals surface area contributed by atoms with E-state index >= 15 is 0 Å². The number of esters is 1. The largest absolute Gasteiger partial charge is 0.454 e. The summed E-state index contributed by atoms with van der Waals surface area (Å²) in [5.41, 5.74) is 2.29. The first-order chi connectivity index (χ1) is 16.3. The first kappa shape index (κ1) is 23.8. The molecule has 2 heterocycles. The third kappa shape index (κ3) is 5.07. The van der Waals surface area contributed by atoms with Gasteiger partial charge in [-0.3, -0.25) is 9.59 Å². The van der Waals surface area contributed by atoms with Crippen molar-refractivity contribution in [2.45, 2.75) is 50.7 Å². The minimum absolute atomic E-state index is 0.0249. The van der Waals surface area contributed by atoms with Crippen LogP contribution in [0.4, 0.5) is 0 Å². The molecule has 1 aliphatic rings. The third-order valence-electron chi connectivity index (χ3n) is 5.71. The van der Waals surface area contributed by atoms with Crippen LogP contribution in [-0.2, 0) is 26.2 Å². The quantitative estimate of drug-likeness (QED) is 0.370. The zero-order chi connectivity index (χ0) is 24.3. The molecule has 9 nitrogen and oxygen atoms in total. The Kier molecular flexibility index (Phi) is 6.90. The van der Waals surface area contributed by atoms with E-state index in [-0.39, 0.29) is 29.7 Å². The van der Waals surface area contributed by atoms with Gasteiger partial charge in [0.2, 0.25) is 15.8 Å². The second-order valence-corrected chi connectivity index (χ2v) is 10.1. The molecule has 2 aromatic carbocycles. The van der Waals surface area contributed by atoms with Gasteiger partial charge in [0.05, 0.1) is 4.90 Å². The van der Waals surface area contributed by atoms with Crippen LogP contribution in [0.15, 0.2) is 57.9 Å². The first-order valence-electron chi connectivity index (χ1n) is 10.9. The van der Waals surface area contributed by atoms with Crippen LogP contribution < -0.4 is 0 Å². The molecule has 1 saturated heterocycles. The lowest BCUT2D eigenvalue weighted by Gasteiger charge is -2.32. The van der Waals surface area contributed by atoms with E-state index in [1.165, 1.54) is 35.5 Å². The summed E-state index contributed by atoms with van der Waals surface area (Å²) < 4.78 is 38.2. The highest BCUT2D eigenvalue weighted by Gasteiger charge is 2.38. The molecule has 0 N–H and O–H groups in total. The molecule has 0 radical (unpaired) electrons. The Morgan fingerprint density at radius 1 is 1.09 bits per heavy atom. The molecule has 1 aromatic heterocycles. The van der Waals surface area contributed by atoms with Crippen molar-refractivity contribution >= 4 is 21.8 Å². The number of nitrogens with zero attached hydrogens (tertiary/aromatic N) is 3. The number of hydrogen-bond acceptors (Lipinski definition) is 8.